The smallest absolute Gasteiger partial charge is 0.0213 e. The van der Waals surface area contributed by atoms with E-state index in [1.807, 2.05) is 0 Å². The van der Waals surface area contributed by atoms with Gasteiger partial charge in [0, 0.05) is 6.04 Å². The Hall–Kier alpha value is -0.860. The summed E-state index contributed by atoms with van der Waals surface area (Å²) in [7, 11) is 0. The lowest BCUT2D eigenvalue weighted by Crippen LogP contribution is -2.36. The van der Waals surface area contributed by atoms with Crippen LogP contribution in [0, 0.1) is 5.41 Å². The van der Waals surface area contributed by atoms with Gasteiger partial charge in [-0.2, -0.15) is 0 Å². The second kappa shape index (κ2) is 6.77. The number of benzene rings is 1. The summed E-state index contributed by atoms with van der Waals surface area (Å²) in [6.07, 6.45) is 4.56. The summed E-state index contributed by atoms with van der Waals surface area (Å²) >= 11 is 0. The number of nitrogens with one attached hydrogen (secondary N) is 1. The Morgan fingerprint density at radius 2 is 1.76 bits per heavy atom. The standard InChI is InChI=1S/C15H26N2/c1-15(2,3)12-11-14(17-16)10-9-13-7-5-4-6-8-13/h4-8,14,17H,9-12,16H2,1-3H3. The normalized spacial score (nSPS) is 13.6. The van der Waals surface area contributed by atoms with Gasteiger partial charge in [0.15, 0.2) is 0 Å². The third-order valence-electron chi connectivity index (χ3n) is 3.10. The Morgan fingerprint density at radius 3 is 2.29 bits per heavy atom. The summed E-state index contributed by atoms with van der Waals surface area (Å²) < 4.78 is 0. The maximum atomic E-state index is 5.62. The Morgan fingerprint density at radius 1 is 1.12 bits per heavy atom. The molecule has 0 spiro atoms. The maximum absolute atomic E-state index is 5.62. The molecule has 0 aliphatic rings. The molecule has 1 aromatic carbocycles. The van der Waals surface area contributed by atoms with E-state index >= 15 is 0 Å². The fourth-order valence-electron chi connectivity index (χ4n) is 1.90. The minimum Gasteiger partial charge on any atom is -0.271 e. The van der Waals surface area contributed by atoms with Gasteiger partial charge in [-0.25, -0.2) is 0 Å². The predicted molar refractivity (Wildman–Crippen MR) is 74.6 cm³/mol. The molecule has 1 unspecified atom stereocenters. The molecule has 1 atom stereocenters. The highest BCUT2D eigenvalue weighted by Gasteiger charge is 2.14. The largest absolute Gasteiger partial charge is 0.271 e. The van der Waals surface area contributed by atoms with E-state index in [4.69, 9.17) is 5.84 Å². The monoisotopic (exact) mass is 234 g/mol. The van der Waals surface area contributed by atoms with Crippen molar-refractivity contribution < 1.29 is 0 Å². The molecule has 0 saturated carbocycles. The van der Waals surface area contributed by atoms with Crippen LogP contribution in [0.4, 0.5) is 0 Å². The predicted octanol–water partition coefficient (Wildman–Crippen LogP) is 3.28. The first kappa shape index (κ1) is 14.2. The van der Waals surface area contributed by atoms with Crippen molar-refractivity contribution >= 4 is 0 Å². The van der Waals surface area contributed by atoms with E-state index in [0.29, 0.717) is 11.5 Å². The molecule has 3 N–H and O–H groups in total. The molecule has 0 saturated heterocycles. The summed E-state index contributed by atoms with van der Waals surface area (Å²) in [5.41, 5.74) is 4.73. The lowest BCUT2D eigenvalue weighted by Gasteiger charge is -2.22. The molecule has 2 nitrogen and oxygen atoms in total. The van der Waals surface area contributed by atoms with Crippen LogP contribution in [-0.4, -0.2) is 6.04 Å². The minimum absolute atomic E-state index is 0.391. The molecule has 96 valence electrons. The van der Waals surface area contributed by atoms with E-state index in [0.717, 1.165) is 19.3 Å². The van der Waals surface area contributed by atoms with Gasteiger partial charge in [-0.15, -0.1) is 0 Å². The summed E-state index contributed by atoms with van der Waals surface area (Å²) in [4.78, 5) is 0. The lowest BCUT2D eigenvalue weighted by atomic mass is 9.87. The van der Waals surface area contributed by atoms with Gasteiger partial charge < -0.3 is 0 Å². The molecule has 0 amide bonds. The first-order chi connectivity index (χ1) is 8.01. The first-order valence-electron chi connectivity index (χ1n) is 6.51. The van der Waals surface area contributed by atoms with Gasteiger partial charge in [-0.1, -0.05) is 51.1 Å². The molecule has 1 rings (SSSR count). The SMILES string of the molecule is CC(C)(C)CCC(CCc1ccccc1)NN. The second-order valence-corrected chi connectivity index (χ2v) is 5.99. The van der Waals surface area contributed by atoms with Gasteiger partial charge in [-0.3, -0.25) is 11.3 Å². The minimum atomic E-state index is 0.391. The van der Waals surface area contributed by atoms with Crippen molar-refractivity contribution in [2.75, 3.05) is 0 Å². The molecule has 0 fully saturated rings. The molecule has 0 heterocycles. The van der Waals surface area contributed by atoms with Crippen molar-refractivity contribution in [1.82, 2.24) is 5.43 Å². The third-order valence-corrected chi connectivity index (χ3v) is 3.10. The Balaban J connectivity index is 2.33. The third kappa shape index (κ3) is 6.44. The number of rotatable bonds is 6. The van der Waals surface area contributed by atoms with Crippen LogP contribution < -0.4 is 11.3 Å². The zero-order valence-electron chi connectivity index (χ0n) is 11.4. The molecule has 2 heteroatoms. The van der Waals surface area contributed by atoms with Crippen LogP contribution in [0.25, 0.3) is 0 Å². The molecular formula is C15H26N2. The fourth-order valence-corrected chi connectivity index (χ4v) is 1.90. The Kier molecular flexibility index (Phi) is 5.66. The van der Waals surface area contributed by atoms with Crippen LogP contribution in [-0.2, 0) is 6.42 Å². The first-order valence-corrected chi connectivity index (χ1v) is 6.51. The molecule has 0 aliphatic heterocycles. The molecule has 1 aromatic rings. The molecule has 0 radical (unpaired) electrons. The zero-order chi connectivity index (χ0) is 12.7. The van der Waals surface area contributed by atoms with E-state index in [-0.39, 0.29) is 0 Å². The van der Waals surface area contributed by atoms with Crippen LogP contribution >= 0.6 is 0 Å². The Labute approximate surface area is 106 Å². The molecule has 0 aromatic heterocycles. The van der Waals surface area contributed by atoms with Crippen molar-refractivity contribution in [3.63, 3.8) is 0 Å². The van der Waals surface area contributed by atoms with E-state index in [9.17, 15) is 0 Å². The van der Waals surface area contributed by atoms with Crippen LogP contribution in [0.1, 0.15) is 45.6 Å². The van der Waals surface area contributed by atoms with Gasteiger partial charge >= 0.3 is 0 Å². The fraction of sp³-hybridized carbons (Fsp3) is 0.600. The highest BCUT2D eigenvalue weighted by atomic mass is 15.2. The van der Waals surface area contributed by atoms with E-state index in [1.165, 1.54) is 12.0 Å². The number of aryl methyl sites for hydroxylation is 1. The highest BCUT2D eigenvalue weighted by Crippen LogP contribution is 2.22. The quantitative estimate of drug-likeness (QED) is 0.585. The van der Waals surface area contributed by atoms with Gasteiger partial charge in [0.05, 0.1) is 0 Å². The summed E-state index contributed by atoms with van der Waals surface area (Å²) in [5.74, 6) is 5.62. The van der Waals surface area contributed by atoms with E-state index in [1.54, 1.807) is 0 Å². The van der Waals surface area contributed by atoms with Crippen molar-refractivity contribution in [3.05, 3.63) is 35.9 Å². The maximum Gasteiger partial charge on any atom is 0.0213 e. The molecule has 17 heavy (non-hydrogen) atoms. The summed E-state index contributed by atoms with van der Waals surface area (Å²) in [6.45, 7) is 6.83. The van der Waals surface area contributed by atoms with Crippen LogP contribution in [0.5, 0.6) is 0 Å². The van der Waals surface area contributed by atoms with Gasteiger partial charge in [0.25, 0.3) is 0 Å². The van der Waals surface area contributed by atoms with Crippen LogP contribution in [0.15, 0.2) is 30.3 Å². The average Bonchev–Trinajstić information content (AvgIpc) is 2.29. The topological polar surface area (TPSA) is 38.0 Å². The van der Waals surface area contributed by atoms with Crippen molar-refractivity contribution in [2.45, 2.75) is 52.5 Å². The molecular weight excluding hydrogens is 208 g/mol. The van der Waals surface area contributed by atoms with Crippen LogP contribution in [0.2, 0.25) is 0 Å². The molecule has 0 bridgehead atoms. The van der Waals surface area contributed by atoms with Crippen molar-refractivity contribution in [2.24, 2.45) is 11.3 Å². The van der Waals surface area contributed by atoms with E-state index in [2.05, 4.69) is 56.5 Å². The summed E-state index contributed by atoms with van der Waals surface area (Å²) in [6, 6.07) is 11.0. The lowest BCUT2D eigenvalue weighted by molar-refractivity contribution is 0.324. The highest BCUT2D eigenvalue weighted by molar-refractivity contribution is 5.14. The van der Waals surface area contributed by atoms with Gasteiger partial charge in [-0.05, 0) is 36.7 Å². The number of nitrogens with two attached hydrogens (primary N) is 1. The number of hydrogen-bond acceptors (Lipinski definition) is 2. The average molecular weight is 234 g/mol. The Bertz CT molecular complexity index is 300. The zero-order valence-corrected chi connectivity index (χ0v) is 11.4. The van der Waals surface area contributed by atoms with Crippen molar-refractivity contribution in [3.8, 4) is 0 Å². The molecule has 0 aliphatic carbocycles. The number of hydrogen-bond donors (Lipinski definition) is 2. The van der Waals surface area contributed by atoms with E-state index < -0.39 is 0 Å². The second-order valence-electron chi connectivity index (χ2n) is 5.99. The summed E-state index contributed by atoms with van der Waals surface area (Å²) in [5, 5.41) is 0. The number of hydrazine groups is 1. The van der Waals surface area contributed by atoms with Crippen molar-refractivity contribution in [1.29, 1.82) is 0 Å². The van der Waals surface area contributed by atoms with Gasteiger partial charge in [0.2, 0.25) is 0 Å². The van der Waals surface area contributed by atoms with Crippen LogP contribution in [0.3, 0.4) is 0 Å². The van der Waals surface area contributed by atoms with Gasteiger partial charge in [0.1, 0.15) is 0 Å².